The SMILES string of the molecule is Cc1nn(C)c(C)c1S(=O)(=O)NC1CC1c1cccc(F)c1. The van der Waals surface area contributed by atoms with Crippen LogP contribution < -0.4 is 4.72 Å². The molecular weight excluding hydrogens is 305 g/mol. The van der Waals surface area contributed by atoms with Crippen molar-refractivity contribution >= 4 is 10.0 Å². The van der Waals surface area contributed by atoms with Gasteiger partial charge in [-0.05, 0) is 38.0 Å². The summed E-state index contributed by atoms with van der Waals surface area (Å²) in [5.74, 6) is -0.271. The standard InChI is InChI=1S/C15H18FN3O2S/c1-9-15(10(2)19(3)17-9)22(20,21)18-14-8-13(14)11-5-4-6-12(16)7-11/h4-7,13-14,18H,8H2,1-3H3. The van der Waals surface area contributed by atoms with E-state index in [1.807, 2.05) is 6.07 Å². The van der Waals surface area contributed by atoms with Crippen LogP contribution in [0.3, 0.4) is 0 Å². The summed E-state index contributed by atoms with van der Waals surface area (Å²) < 4.78 is 42.6. The number of hydrogen-bond donors (Lipinski definition) is 1. The molecule has 0 radical (unpaired) electrons. The average Bonchev–Trinajstić information content (AvgIpc) is 3.10. The maximum atomic E-state index is 13.2. The monoisotopic (exact) mass is 323 g/mol. The first-order chi connectivity index (χ1) is 10.3. The second kappa shape index (κ2) is 5.17. The van der Waals surface area contributed by atoms with Crippen molar-refractivity contribution in [3.63, 3.8) is 0 Å². The van der Waals surface area contributed by atoms with Crippen molar-refractivity contribution < 1.29 is 12.8 Å². The van der Waals surface area contributed by atoms with Gasteiger partial charge in [-0.1, -0.05) is 12.1 Å². The summed E-state index contributed by atoms with van der Waals surface area (Å²) in [6, 6.07) is 6.12. The Hall–Kier alpha value is -1.73. The molecule has 7 heteroatoms. The van der Waals surface area contributed by atoms with Crippen molar-refractivity contribution in [2.75, 3.05) is 0 Å². The molecular formula is C15H18FN3O2S. The van der Waals surface area contributed by atoms with Crippen LogP contribution in [0.5, 0.6) is 0 Å². The fourth-order valence-corrected chi connectivity index (χ4v) is 4.56. The molecule has 5 nitrogen and oxygen atoms in total. The van der Waals surface area contributed by atoms with E-state index in [-0.39, 0.29) is 22.7 Å². The molecule has 1 aliphatic carbocycles. The third kappa shape index (κ3) is 2.66. The van der Waals surface area contributed by atoms with Gasteiger partial charge in [0.2, 0.25) is 10.0 Å². The molecule has 0 amide bonds. The first kappa shape index (κ1) is 15.2. The lowest BCUT2D eigenvalue weighted by Crippen LogP contribution is -2.27. The summed E-state index contributed by atoms with van der Waals surface area (Å²) >= 11 is 0. The summed E-state index contributed by atoms with van der Waals surface area (Å²) in [4.78, 5) is 0.236. The summed E-state index contributed by atoms with van der Waals surface area (Å²) in [7, 11) is -1.90. The van der Waals surface area contributed by atoms with Gasteiger partial charge in [-0.3, -0.25) is 4.68 Å². The fraction of sp³-hybridized carbons (Fsp3) is 0.400. The van der Waals surface area contributed by atoms with Gasteiger partial charge in [-0.25, -0.2) is 17.5 Å². The minimum Gasteiger partial charge on any atom is -0.271 e. The van der Waals surface area contributed by atoms with Gasteiger partial charge in [0, 0.05) is 19.0 Å². The largest absolute Gasteiger partial charge is 0.271 e. The van der Waals surface area contributed by atoms with Crippen molar-refractivity contribution in [2.24, 2.45) is 7.05 Å². The molecule has 1 saturated carbocycles. The Morgan fingerprint density at radius 3 is 2.68 bits per heavy atom. The van der Waals surface area contributed by atoms with Crippen LogP contribution in [0, 0.1) is 19.7 Å². The van der Waals surface area contributed by atoms with E-state index >= 15 is 0 Å². The Kier molecular flexibility index (Phi) is 3.57. The molecule has 2 atom stereocenters. The summed E-state index contributed by atoms with van der Waals surface area (Å²) in [5.41, 5.74) is 1.91. The van der Waals surface area contributed by atoms with E-state index in [9.17, 15) is 12.8 Å². The zero-order valence-corrected chi connectivity index (χ0v) is 13.5. The maximum absolute atomic E-state index is 13.2. The molecule has 1 heterocycles. The van der Waals surface area contributed by atoms with Gasteiger partial charge in [-0.15, -0.1) is 0 Å². The van der Waals surface area contributed by atoms with Crippen LogP contribution in [0.4, 0.5) is 4.39 Å². The lowest BCUT2D eigenvalue weighted by Gasteiger charge is -2.07. The van der Waals surface area contributed by atoms with Gasteiger partial charge < -0.3 is 0 Å². The Bertz CT molecular complexity index is 829. The predicted octanol–water partition coefficient (Wildman–Crippen LogP) is 2.01. The molecule has 0 saturated heterocycles. The predicted molar refractivity (Wildman–Crippen MR) is 80.5 cm³/mol. The molecule has 1 fully saturated rings. The molecule has 0 bridgehead atoms. The molecule has 1 N–H and O–H groups in total. The lowest BCUT2D eigenvalue weighted by molar-refractivity contribution is 0.578. The van der Waals surface area contributed by atoms with Crippen LogP contribution in [0.1, 0.15) is 29.3 Å². The minimum absolute atomic E-state index is 0.0303. The highest BCUT2D eigenvalue weighted by atomic mass is 32.2. The van der Waals surface area contributed by atoms with E-state index in [1.54, 1.807) is 31.6 Å². The zero-order valence-electron chi connectivity index (χ0n) is 12.7. The quantitative estimate of drug-likeness (QED) is 0.936. The molecule has 2 aromatic rings. The van der Waals surface area contributed by atoms with Crippen molar-refractivity contribution in [3.8, 4) is 0 Å². The van der Waals surface area contributed by atoms with Crippen LogP contribution in [0.15, 0.2) is 29.2 Å². The summed E-state index contributed by atoms with van der Waals surface area (Å²) in [6.45, 7) is 3.41. The van der Waals surface area contributed by atoms with E-state index < -0.39 is 10.0 Å². The molecule has 1 aliphatic rings. The van der Waals surface area contributed by atoms with Crippen molar-refractivity contribution in [2.45, 2.75) is 37.1 Å². The molecule has 1 aromatic carbocycles. The number of nitrogens with zero attached hydrogens (tertiary/aromatic N) is 2. The Morgan fingerprint density at radius 2 is 2.09 bits per heavy atom. The van der Waals surface area contributed by atoms with E-state index in [2.05, 4.69) is 9.82 Å². The van der Waals surface area contributed by atoms with Crippen LogP contribution >= 0.6 is 0 Å². The average molecular weight is 323 g/mol. The van der Waals surface area contributed by atoms with Gasteiger partial charge in [0.25, 0.3) is 0 Å². The fourth-order valence-electron chi connectivity index (χ4n) is 2.83. The van der Waals surface area contributed by atoms with Crippen LogP contribution in [-0.2, 0) is 17.1 Å². The van der Waals surface area contributed by atoms with Gasteiger partial charge >= 0.3 is 0 Å². The summed E-state index contributed by atoms with van der Waals surface area (Å²) in [6.07, 6.45) is 0.682. The van der Waals surface area contributed by atoms with Crippen molar-refractivity contribution in [3.05, 3.63) is 47.0 Å². The number of benzene rings is 1. The first-order valence-electron chi connectivity index (χ1n) is 7.07. The van der Waals surface area contributed by atoms with Crippen molar-refractivity contribution in [1.29, 1.82) is 0 Å². The maximum Gasteiger partial charge on any atom is 0.244 e. The molecule has 0 spiro atoms. The van der Waals surface area contributed by atoms with Gasteiger partial charge in [0.05, 0.1) is 11.4 Å². The Morgan fingerprint density at radius 1 is 1.36 bits per heavy atom. The van der Waals surface area contributed by atoms with E-state index in [0.29, 0.717) is 17.8 Å². The van der Waals surface area contributed by atoms with Gasteiger partial charge in [-0.2, -0.15) is 5.10 Å². The van der Waals surface area contributed by atoms with E-state index in [1.165, 1.54) is 12.1 Å². The number of sulfonamides is 1. The molecule has 0 aliphatic heterocycles. The van der Waals surface area contributed by atoms with Crippen LogP contribution in [-0.4, -0.2) is 24.2 Å². The third-order valence-electron chi connectivity index (χ3n) is 4.09. The van der Waals surface area contributed by atoms with Gasteiger partial charge in [0.1, 0.15) is 10.7 Å². The molecule has 3 rings (SSSR count). The van der Waals surface area contributed by atoms with Crippen molar-refractivity contribution in [1.82, 2.24) is 14.5 Å². The topological polar surface area (TPSA) is 64.0 Å². The molecule has 1 aromatic heterocycles. The zero-order chi connectivity index (χ0) is 16.1. The Labute approximate surface area is 129 Å². The summed E-state index contributed by atoms with van der Waals surface area (Å²) in [5, 5.41) is 4.14. The number of aryl methyl sites for hydroxylation is 2. The highest BCUT2D eigenvalue weighted by molar-refractivity contribution is 7.89. The number of hydrogen-bond acceptors (Lipinski definition) is 3. The number of rotatable bonds is 4. The highest BCUT2D eigenvalue weighted by Crippen LogP contribution is 2.42. The molecule has 22 heavy (non-hydrogen) atoms. The van der Waals surface area contributed by atoms with Crippen LogP contribution in [0.2, 0.25) is 0 Å². The Balaban J connectivity index is 1.80. The molecule has 118 valence electrons. The molecule has 2 unspecified atom stereocenters. The van der Waals surface area contributed by atoms with Crippen LogP contribution in [0.25, 0.3) is 0 Å². The smallest absolute Gasteiger partial charge is 0.244 e. The first-order valence-corrected chi connectivity index (χ1v) is 8.56. The third-order valence-corrected chi connectivity index (χ3v) is 5.83. The second-order valence-electron chi connectivity index (χ2n) is 5.75. The van der Waals surface area contributed by atoms with Gasteiger partial charge in [0.15, 0.2) is 0 Å². The number of nitrogens with one attached hydrogen (secondary N) is 1. The lowest BCUT2D eigenvalue weighted by atomic mass is 10.1. The van der Waals surface area contributed by atoms with E-state index in [4.69, 9.17) is 0 Å². The number of halogens is 1. The normalized spacial score (nSPS) is 21.1. The van der Waals surface area contributed by atoms with E-state index in [0.717, 1.165) is 5.56 Å². The second-order valence-corrected chi connectivity index (χ2v) is 7.40. The highest BCUT2D eigenvalue weighted by Gasteiger charge is 2.42. The minimum atomic E-state index is -3.62. The number of aromatic nitrogens is 2.